The minimum atomic E-state index is 0.0305. The van der Waals surface area contributed by atoms with E-state index in [1.165, 1.54) is 12.0 Å². The van der Waals surface area contributed by atoms with E-state index < -0.39 is 0 Å². The van der Waals surface area contributed by atoms with Crippen LogP contribution in [0.2, 0.25) is 0 Å². The van der Waals surface area contributed by atoms with E-state index in [1.807, 2.05) is 10.9 Å². The van der Waals surface area contributed by atoms with E-state index in [9.17, 15) is 4.79 Å². The smallest absolute Gasteiger partial charge is 0.159 e. The van der Waals surface area contributed by atoms with Gasteiger partial charge in [0, 0.05) is 18.4 Å². The number of nitrogens with zero attached hydrogens (tertiary/aromatic N) is 2. The quantitative estimate of drug-likeness (QED) is 0.725. The van der Waals surface area contributed by atoms with Gasteiger partial charge in [-0.1, -0.05) is 19.9 Å². The van der Waals surface area contributed by atoms with Crippen LogP contribution < -0.4 is 0 Å². The number of carbonyl (C=O) groups excluding carboxylic acids is 1. The maximum absolute atomic E-state index is 12.5. The Kier molecular flexibility index (Phi) is 4.70. The largest absolute Gasteiger partial charge is 0.356 e. The van der Waals surface area contributed by atoms with Gasteiger partial charge in [0.05, 0.1) is 11.7 Å². The minimum absolute atomic E-state index is 0.0305. The number of carbonyl (C=O) groups is 1. The first kappa shape index (κ1) is 17.5. The number of aromatic nitrogens is 2. The first-order chi connectivity index (χ1) is 12.5. The molecule has 4 rings (SSSR count). The second-order valence-corrected chi connectivity index (χ2v) is 8.14. The zero-order valence-corrected chi connectivity index (χ0v) is 16.0. The van der Waals surface area contributed by atoms with E-state index in [-0.39, 0.29) is 6.23 Å². The number of fused-ring (bicyclic) bond motifs is 1. The van der Waals surface area contributed by atoms with Crippen molar-refractivity contribution in [3.63, 3.8) is 0 Å². The summed E-state index contributed by atoms with van der Waals surface area (Å²) < 4.78 is 7.94. The van der Waals surface area contributed by atoms with Crippen molar-refractivity contribution in [3.8, 4) is 0 Å². The number of aryl methyl sites for hydroxylation is 1. The molecule has 1 aromatic heterocycles. The van der Waals surface area contributed by atoms with E-state index >= 15 is 0 Å². The lowest BCUT2D eigenvalue weighted by atomic mass is 9.94. The molecule has 2 aliphatic rings. The maximum Gasteiger partial charge on any atom is 0.159 e. The molecular formula is C22H28N2O2. The van der Waals surface area contributed by atoms with E-state index in [4.69, 9.17) is 4.74 Å². The Labute approximate surface area is 155 Å². The van der Waals surface area contributed by atoms with Crippen LogP contribution in [0.3, 0.4) is 0 Å². The average Bonchev–Trinajstić information content (AvgIpc) is 3.22. The van der Waals surface area contributed by atoms with Crippen molar-refractivity contribution in [1.82, 2.24) is 9.78 Å². The Balaban J connectivity index is 1.73. The fraction of sp³-hybridized carbons (Fsp3) is 0.545. The molecule has 1 saturated carbocycles. The third-order valence-corrected chi connectivity index (χ3v) is 6.02. The highest BCUT2D eigenvalue weighted by molar-refractivity contribution is 6.04. The third-order valence-electron chi connectivity index (χ3n) is 6.02. The molecule has 138 valence electrons. The number of Topliss-reactive ketones (excluding diaryl/α,β-unsaturated/α-hetero) is 1. The summed E-state index contributed by atoms with van der Waals surface area (Å²) in [6.45, 7) is 7.33. The molecule has 2 fully saturated rings. The molecule has 0 spiro atoms. The average molecular weight is 352 g/mol. The highest BCUT2D eigenvalue weighted by Crippen LogP contribution is 2.36. The second kappa shape index (κ2) is 6.99. The summed E-state index contributed by atoms with van der Waals surface area (Å²) in [5.74, 6) is 1.34. The standard InChI is InChI=1S/C22H28N2O2/c1-14(2)16-10-17(21(25)12-16)11-18-15(3)7-8-20-19(18)13-23-24(20)22-6-4-5-9-26-22/h7-8,11,13-14,16,22H,4-6,9-10,12H2,1-3H3. The van der Waals surface area contributed by atoms with Crippen molar-refractivity contribution in [2.24, 2.45) is 11.8 Å². The summed E-state index contributed by atoms with van der Waals surface area (Å²) in [5, 5.41) is 5.75. The van der Waals surface area contributed by atoms with Crippen LogP contribution in [0.1, 0.15) is 63.3 Å². The molecule has 1 aliphatic carbocycles. The van der Waals surface area contributed by atoms with Gasteiger partial charge in [-0.05, 0) is 73.3 Å². The van der Waals surface area contributed by atoms with Gasteiger partial charge in [0.2, 0.25) is 0 Å². The van der Waals surface area contributed by atoms with Gasteiger partial charge in [-0.15, -0.1) is 0 Å². The molecule has 1 aromatic carbocycles. The van der Waals surface area contributed by atoms with Gasteiger partial charge in [-0.25, -0.2) is 4.68 Å². The Morgan fingerprint density at radius 1 is 1.27 bits per heavy atom. The van der Waals surface area contributed by atoms with Gasteiger partial charge in [0.25, 0.3) is 0 Å². The van der Waals surface area contributed by atoms with Gasteiger partial charge < -0.3 is 4.74 Å². The molecule has 0 N–H and O–H groups in total. The van der Waals surface area contributed by atoms with Gasteiger partial charge in [0.15, 0.2) is 12.0 Å². The zero-order valence-electron chi connectivity index (χ0n) is 16.0. The van der Waals surface area contributed by atoms with Crippen molar-refractivity contribution < 1.29 is 9.53 Å². The predicted octanol–water partition coefficient (Wildman–Crippen LogP) is 5.06. The van der Waals surface area contributed by atoms with E-state index in [2.05, 4.69) is 44.1 Å². The van der Waals surface area contributed by atoms with Crippen molar-refractivity contribution in [3.05, 3.63) is 35.0 Å². The molecule has 2 aromatic rings. The highest BCUT2D eigenvalue weighted by atomic mass is 16.5. The zero-order chi connectivity index (χ0) is 18.3. The number of allylic oxidation sites excluding steroid dienone is 1. The fourth-order valence-electron chi connectivity index (χ4n) is 4.21. The molecule has 26 heavy (non-hydrogen) atoms. The molecule has 0 amide bonds. The van der Waals surface area contributed by atoms with Crippen LogP contribution in [-0.4, -0.2) is 22.2 Å². The molecule has 1 saturated heterocycles. The van der Waals surface area contributed by atoms with Crippen molar-refractivity contribution >= 4 is 22.8 Å². The van der Waals surface area contributed by atoms with Crippen molar-refractivity contribution in [2.75, 3.05) is 6.61 Å². The molecule has 2 atom stereocenters. The van der Waals surface area contributed by atoms with Crippen molar-refractivity contribution in [2.45, 2.75) is 59.1 Å². The number of hydrogen-bond acceptors (Lipinski definition) is 3. The number of hydrogen-bond donors (Lipinski definition) is 0. The van der Waals surface area contributed by atoms with Crippen LogP contribution in [0, 0.1) is 18.8 Å². The summed E-state index contributed by atoms with van der Waals surface area (Å²) in [6.07, 6.45) is 8.99. The maximum atomic E-state index is 12.5. The molecule has 2 heterocycles. The Bertz CT molecular complexity index is 856. The number of rotatable bonds is 3. The summed E-state index contributed by atoms with van der Waals surface area (Å²) in [4.78, 5) is 12.5. The predicted molar refractivity (Wildman–Crippen MR) is 104 cm³/mol. The Morgan fingerprint density at radius 2 is 2.12 bits per heavy atom. The van der Waals surface area contributed by atoms with Gasteiger partial charge in [-0.3, -0.25) is 4.79 Å². The van der Waals surface area contributed by atoms with E-state index in [0.717, 1.165) is 47.9 Å². The number of benzene rings is 1. The lowest BCUT2D eigenvalue weighted by molar-refractivity contribution is -0.114. The normalized spacial score (nSPS) is 25.7. The van der Waals surface area contributed by atoms with Gasteiger partial charge in [0.1, 0.15) is 0 Å². The van der Waals surface area contributed by atoms with Crippen LogP contribution in [0.25, 0.3) is 17.0 Å². The lowest BCUT2D eigenvalue weighted by Gasteiger charge is -2.23. The van der Waals surface area contributed by atoms with E-state index in [1.54, 1.807) is 0 Å². The molecule has 2 unspecified atom stereocenters. The monoisotopic (exact) mass is 352 g/mol. The van der Waals surface area contributed by atoms with E-state index in [0.29, 0.717) is 24.0 Å². The van der Waals surface area contributed by atoms with Crippen LogP contribution in [0.5, 0.6) is 0 Å². The molecule has 0 radical (unpaired) electrons. The van der Waals surface area contributed by atoms with Crippen LogP contribution in [0.15, 0.2) is 23.9 Å². The molecular weight excluding hydrogens is 324 g/mol. The number of ketones is 1. The topological polar surface area (TPSA) is 44.1 Å². The summed E-state index contributed by atoms with van der Waals surface area (Å²) in [6, 6.07) is 4.26. The second-order valence-electron chi connectivity index (χ2n) is 8.14. The SMILES string of the molecule is Cc1ccc2c(cnn2C2CCCCO2)c1C=C1CC(C(C)C)CC1=O. The van der Waals surface area contributed by atoms with Crippen molar-refractivity contribution in [1.29, 1.82) is 0 Å². The van der Waals surface area contributed by atoms with Crippen LogP contribution in [0.4, 0.5) is 0 Å². The Hall–Kier alpha value is -1.94. The molecule has 0 bridgehead atoms. The summed E-state index contributed by atoms with van der Waals surface area (Å²) in [7, 11) is 0. The van der Waals surface area contributed by atoms with Gasteiger partial charge >= 0.3 is 0 Å². The molecule has 1 aliphatic heterocycles. The first-order valence-corrected chi connectivity index (χ1v) is 9.87. The summed E-state index contributed by atoms with van der Waals surface area (Å²) in [5.41, 5.74) is 4.40. The first-order valence-electron chi connectivity index (χ1n) is 9.87. The molecule has 4 heteroatoms. The highest BCUT2D eigenvalue weighted by Gasteiger charge is 2.29. The Morgan fingerprint density at radius 3 is 2.81 bits per heavy atom. The minimum Gasteiger partial charge on any atom is -0.356 e. The van der Waals surface area contributed by atoms with Crippen LogP contribution in [-0.2, 0) is 9.53 Å². The van der Waals surface area contributed by atoms with Crippen LogP contribution >= 0.6 is 0 Å². The van der Waals surface area contributed by atoms with Gasteiger partial charge in [-0.2, -0.15) is 5.10 Å². The lowest BCUT2D eigenvalue weighted by Crippen LogP contribution is -2.18. The molecule has 4 nitrogen and oxygen atoms in total. The third kappa shape index (κ3) is 3.11. The summed E-state index contributed by atoms with van der Waals surface area (Å²) >= 11 is 0. The fourth-order valence-corrected chi connectivity index (χ4v) is 4.21. The number of ether oxygens (including phenoxy) is 1.